The van der Waals surface area contributed by atoms with Gasteiger partial charge in [-0.15, -0.1) is 5.10 Å². The summed E-state index contributed by atoms with van der Waals surface area (Å²) >= 11 is 0. The molecular weight excluding hydrogens is 544 g/mol. The molecule has 0 spiro atoms. The topological polar surface area (TPSA) is 152 Å². The van der Waals surface area contributed by atoms with Gasteiger partial charge >= 0.3 is 0 Å². The van der Waals surface area contributed by atoms with Crippen LogP contribution >= 0.6 is 0 Å². The van der Waals surface area contributed by atoms with Gasteiger partial charge in [0.1, 0.15) is 11.8 Å². The number of hydrogen-bond acceptors (Lipinski definition) is 10. The number of fused-ring (bicyclic) bond motifs is 1. The Morgan fingerprint density at radius 2 is 1.60 bits per heavy atom. The summed E-state index contributed by atoms with van der Waals surface area (Å²) < 4.78 is 23.4. The lowest BCUT2D eigenvalue weighted by molar-refractivity contribution is -0.384. The van der Waals surface area contributed by atoms with Crippen molar-refractivity contribution < 1.29 is 28.7 Å². The molecule has 0 fully saturated rings. The van der Waals surface area contributed by atoms with E-state index in [2.05, 4.69) is 10.6 Å². The Labute approximate surface area is 240 Å². The smallest absolute Gasteiger partial charge is 0.269 e. The van der Waals surface area contributed by atoms with Crippen LogP contribution in [0.1, 0.15) is 18.5 Å². The third kappa shape index (κ3) is 5.03. The van der Waals surface area contributed by atoms with E-state index >= 15 is 0 Å². The normalized spacial score (nSPS) is 14.0. The van der Waals surface area contributed by atoms with Crippen molar-refractivity contribution in [2.24, 2.45) is 0 Å². The molecule has 1 aliphatic rings. The largest absolute Gasteiger partial charge is 0.495 e. The van der Waals surface area contributed by atoms with E-state index in [4.69, 9.17) is 29.0 Å². The number of allylic oxidation sites excluding steroid dienone is 1. The highest BCUT2D eigenvalue weighted by Gasteiger charge is 2.35. The first-order valence-electron chi connectivity index (χ1n) is 12.7. The van der Waals surface area contributed by atoms with Crippen LogP contribution in [0.25, 0.3) is 11.4 Å². The van der Waals surface area contributed by atoms with E-state index in [9.17, 15) is 14.9 Å². The van der Waals surface area contributed by atoms with E-state index in [1.54, 1.807) is 60.1 Å². The van der Waals surface area contributed by atoms with E-state index in [0.717, 1.165) is 0 Å². The second-order valence-corrected chi connectivity index (χ2v) is 9.19. The number of non-ortho nitro benzene ring substituents is 1. The van der Waals surface area contributed by atoms with Crippen molar-refractivity contribution in [1.82, 2.24) is 14.8 Å². The summed E-state index contributed by atoms with van der Waals surface area (Å²) in [6.45, 7) is 1.76. The molecule has 1 aromatic heterocycles. The van der Waals surface area contributed by atoms with Crippen LogP contribution in [0.3, 0.4) is 0 Å². The average Bonchev–Trinajstić information content (AvgIpc) is 3.43. The number of anilines is 2. The van der Waals surface area contributed by atoms with Crippen LogP contribution in [-0.2, 0) is 4.79 Å². The fourth-order valence-electron chi connectivity index (χ4n) is 4.80. The molecule has 42 heavy (non-hydrogen) atoms. The third-order valence-corrected chi connectivity index (χ3v) is 6.79. The fourth-order valence-corrected chi connectivity index (χ4v) is 4.80. The van der Waals surface area contributed by atoms with Gasteiger partial charge < -0.3 is 29.6 Å². The van der Waals surface area contributed by atoms with Gasteiger partial charge in [-0.1, -0.05) is 12.1 Å². The summed E-state index contributed by atoms with van der Waals surface area (Å²) in [5, 5.41) is 22.2. The summed E-state index contributed by atoms with van der Waals surface area (Å²) in [4.78, 5) is 29.4. The zero-order valence-electron chi connectivity index (χ0n) is 23.5. The highest BCUT2D eigenvalue weighted by Crippen LogP contribution is 2.42. The molecule has 1 aliphatic heterocycles. The number of carbonyl (C=O) groups is 1. The standard InChI is InChI=1S/C29H28N6O7/c1-16-24(28(36)31-20-8-6-7-9-21(20)39-2)25(17-10-12-19(13-11-17)35(37)38)34-29(30-16)32-27(33-34)18-14-22(40-3)26(42-5)23(15-18)41-4/h6-15,25H,1-5H3,(H,31,36)(H,30,32,33). The first kappa shape index (κ1) is 28.0. The van der Waals surface area contributed by atoms with Gasteiger partial charge in [0, 0.05) is 23.4 Å². The van der Waals surface area contributed by atoms with E-state index in [1.165, 1.54) is 40.6 Å². The van der Waals surface area contributed by atoms with Crippen molar-refractivity contribution in [1.29, 1.82) is 0 Å². The minimum absolute atomic E-state index is 0.0784. The highest BCUT2D eigenvalue weighted by molar-refractivity contribution is 6.06. The van der Waals surface area contributed by atoms with E-state index < -0.39 is 16.9 Å². The van der Waals surface area contributed by atoms with Crippen LogP contribution in [0.15, 0.2) is 71.9 Å². The van der Waals surface area contributed by atoms with Gasteiger partial charge in [-0.3, -0.25) is 14.9 Å². The number of carbonyl (C=O) groups excluding carboxylic acids is 1. The van der Waals surface area contributed by atoms with Crippen LogP contribution in [-0.4, -0.2) is 54.0 Å². The number of nitro benzene ring substituents is 1. The molecule has 0 bridgehead atoms. The van der Waals surface area contributed by atoms with Crippen molar-refractivity contribution in [2.75, 3.05) is 39.1 Å². The van der Waals surface area contributed by atoms with Crippen molar-refractivity contribution in [3.8, 4) is 34.4 Å². The average molecular weight is 573 g/mol. The van der Waals surface area contributed by atoms with E-state index in [-0.39, 0.29) is 5.69 Å². The van der Waals surface area contributed by atoms with E-state index in [0.29, 0.717) is 62.9 Å². The predicted molar refractivity (Wildman–Crippen MR) is 154 cm³/mol. The molecule has 3 aromatic carbocycles. The van der Waals surface area contributed by atoms with Gasteiger partial charge in [0.05, 0.1) is 44.6 Å². The zero-order chi connectivity index (χ0) is 30.0. The number of nitrogens with one attached hydrogen (secondary N) is 2. The van der Waals surface area contributed by atoms with Crippen LogP contribution in [0.4, 0.5) is 17.3 Å². The second kappa shape index (κ2) is 11.5. The summed E-state index contributed by atoms with van der Waals surface area (Å²) in [5.41, 5.74) is 2.44. The summed E-state index contributed by atoms with van der Waals surface area (Å²) in [6.07, 6.45) is 0. The monoisotopic (exact) mass is 572 g/mol. The maximum atomic E-state index is 13.8. The van der Waals surface area contributed by atoms with Gasteiger partial charge in [-0.2, -0.15) is 4.98 Å². The van der Waals surface area contributed by atoms with Gasteiger partial charge in [0.2, 0.25) is 11.7 Å². The molecule has 4 aromatic rings. The number of ether oxygens (including phenoxy) is 4. The van der Waals surface area contributed by atoms with Crippen molar-refractivity contribution in [2.45, 2.75) is 13.0 Å². The number of nitrogens with zero attached hydrogens (tertiary/aromatic N) is 4. The molecule has 0 saturated heterocycles. The Bertz CT molecular complexity index is 1670. The van der Waals surface area contributed by atoms with Crippen LogP contribution in [0.5, 0.6) is 23.0 Å². The molecule has 13 heteroatoms. The molecular formula is C29H28N6O7. The first-order chi connectivity index (χ1) is 20.3. The van der Waals surface area contributed by atoms with Crippen molar-refractivity contribution in [3.05, 3.63) is 87.6 Å². The molecule has 1 unspecified atom stereocenters. The predicted octanol–water partition coefficient (Wildman–Crippen LogP) is 4.82. The Kier molecular flexibility index (Phi) is 7.65. The van der Waals surface area contributed by atoms with Crippen LogP contribution in [0.2, 0.25) is 0 Å². The van der Waals surface area contributed by atoms with Gasteiger partial charge in [0.15, 0.2) is 17.3 Å². The molecule has 5 rings (SSSR count). The number of para-hydroxylation sites is 2. The summed E-state index contributed by atoms with van der Waals surface area (Å²) in [5.74, 6) is 2.03. The Morgan fingerprint density at radius 3 is 2.19 bits per heavy atom. The number of hydrogen-bond donors (Lipinski definition) is 2. The quantitative estimate of drug-likeness (QED) is 0.211. The van der Waals surface area contributed by atoms with E-state index in [1.807, 2.05) is 0 Å². The van der Waals surface area contributed by atoms with Gasteiger partial charge in [0.25, 0.3) is 11.6 Å². The molecule has 0 saturated carbocycles. The zero-order valence-corrected chi connectivity index (χ0v) is 23.5. The van der Waals surface area contributed by atoms with Crippen molar-refractivity contribution in [3.63, 3.8) is 0 Å². The Hall–Kier alpha value is -5.59. The molecule has 0 radical (unpaired) electrons. The maximum absolute atomic E-state index is 13.8. The molecule has 2 N–H and O–H groups in total. The van der Waals surface area contributed by atoms with Gasteiger partial charge in [-0.05, 0) is 48.9 Å². The number of benzene rings is 3. The highest BCUT2D eigenvalue weighted by atomic mass is 16.6. The minimum atomic E-state index is -0.778. The molecule has 13 nitrogen and oxygen atoms in total. The fraction of sp³-hybridized carbons (Fsp3) is 0.207. The molecule has 1 amide bonds. The third-order valence-electron chi connectivity index (χ3n) is 6.79. The van der Waals surface area contributed by atoms with Crippen molar-refractivity contribution >= 4 is 23.2 Å². The Balaban J connectivity index is 1.63. The maximum Gasteiger partial charge on any atom is 0.269 e. The molecule has 216 valence electrons. The SMILES string of the molecule is COc1ccccc1NC(=O)C1=C(C)Nc2nc(-c3cc(OC)c(OC)c(OC)c3)nn2C1c1ccc([N+](=O)[O-])cc1. The summed E-state index contributed by atoms with van der Waals surface area (Å²) in [7, 11) is 6.06. The Morgan fingerprint density at radius 1 is 0.952 bits per heavy atom. The number of methoxy groups -OCH3 is 4. The lowest BCUT2D eigenvalue weighted by Gasteiger charge is -2.28. The molecule has 1 atom stereocenters. The number of aromatic nitrogens is 3. The lowest BCUT2D eigenvalue weighted by atomic mass is 9.95. The molecule has 2 heterocycles. The number of nitro groups is 1. The number of rotatable bonds is 9. The second-order valence-electron chi connectivity index (χ2n) is 9.19. The minimum Gasteiger partial charge on any atom is -0.495 e. The lowest BCUT2D eigenvalue weighted by Crippen LogP contribution is -2.31. The number of amides is 1. The molecule has 0 aliphatic carbocycles. The summed E-state index contributed by atoms with van der Waals surface area (Å²) in [6, 6.07) is 15.7. The van der Waals surface area contributed by atoms with Crippen LogP contribution in [0, 0.1) is 10.1 Å². The van der Waals surface area contributed by atoms with Crippen LogP contribution < -0.4 is 29.6 Å². The first-order valence-corrected chi connectivity index (χ1v) is 12.7. The van der Waals surface area contributed by atoms with Gasteiger partial charge in [-0.25, -0.2) is 4.68 Å².